The predicted molar refractivity (Wildman–Crippen MR) is 93.7 cm³/mol. The Morgan fingerprint density at radius 2 is 2.17 bits per heavy atom. The lowest BCUT2D eigenvalue weighted by Crippen LogP contribution is -2.23. The molecule has 3 nitrogen and oxygen atoms in total. The zero-order valence-electron chi connectivity index (χ0n) is 12.6. The first-order chi connectivity index (χ1) is 11.3. The normalized spacial score (nSPS) is 18.6. The monoisotopic (exact) mass is 344 g/mol. The van der Waals surface area contributed by atoms with E-state index in [-0.39, 0.29) is 0 Å². The molecule has 1 aromatic carbocycles. The van der Waals surface area contributed by atoms with Gasteiger partial charge in [-0.3, -0.25) is 4.90 Å². The van der Waals surface area contributed by atoms with E-state index in [2.05, 4.69) is 22.0 Å². The third-order valence-corrected chi connectivity index (χ3v) is 5.48. The van der Waals surface area contributed by atoms with Crippen molar-refractivity contribution in [2.75, 3.05) is 6.54 Å². The van der Waals surface area contributed by atoms with Gasteiger partial charge in [-0.15, -0.1) is 11.3 Å². The van der Waals surface area contributed by atoms with Crippen molar-refractivity contribution in [1.82, 2.24) is 9.88 Å². The number of nitrogens with zero attached hydrogens (tertiary/aromatic N) is 2. The fourth-order valence-electron chi connectivity index (χ4n) is 3.21. The van der Waals surface area contributed by atoms with E-state index in [4.69, 9.17) is 16.0 Å². The number of thiophene rings is 1. The molecule has 0 N–H and O–H groups in total. The first-order valence-corrected chi connectivity index (χ1v) is 9.04. The summed E-state index contributed by atoms with van der Waals surface area (Å²) in [6.07, 6.45) is 4.10. The maximum absolute atomic E-state index is 6.38. The van der Waals surface area contributed by atoms with E-state index in [1.807, 2.05) is 29.6 Å². The summed E-state index contributed by atoms with van der Waals surface area (Å²) in [6, 6.07) is 12.5. The van der Waals surface area contributed by atoms with Gasteiger partial charge in [0.05, 0.1) is 10.6 Å². The molecule has 4 rings (SSSR count). The molecule has 0 spiro atoms. The van der Waals surface area contributed by atoms with E-state index >= 15 is 0 Å². The van der Waals surface area contributed by atoms with Gasteiger partial charge in [-0.05, 0) is 42.5 Å². The number of halogens is 1. The third kappa shape index (κ3) is 3.07. The van der Waals surface area contributed by atoms with Crippen molar-refractivity contribution in [3.63, 3.8) is 0 Å². The van der Waals surface area contributed by atoms with E-state index in [1.54, 1.807) is 17.6 Å². The van der Waals surface area contributed by atoms with Crippen molar-refractivity contribution < 1.29 is 4.42 Å². The summed E-state index contributed by atoms with van der Waals surface area (Å²) in [4.78, 5) is 8.15. The molecule has 0 amide bonds. The lowest BCUT2D eigenvalue weighted by atomic mass is 10.0. The molecule has 3 aromatic rings. The predicted octanol–water partition coefficient (Wildman–Crippen LogP) is 5.39. The van der Waals surface area contributed by atoms with Gasteiger partial charge in [-0.25, -0.2) is 4.98 Å². The van der Waals surface area contributed by atoms with Crippen molar-refractivity contribution >= 4 is 22.9 Å². The number of benzene rings is 1. The SMILES string of the molecule is Clc1ccccc1[C@@H]1CCCN1Cc1coc(-c2cccs2)n1. The van der Waals surface area contributed by atoms with Gasteiger partial charge in [0.25, 0.3) is 0 Å². The molecule has 3 heterocycles. The van der Waals surface area contributed by atoms with Gasteiger partial charge in [0.15, 0.2) is 0 Å². The molecule has 0 aliphatic carbocycles. The minimum absolute atomic E-state index is 0.366. The van der Waals surface area contributed by atoms with Crippen LogP contribution >= 0.6 is 22.9 Å². The number of hydrogen-bond donors (Lipinski definition) is 0. The second kappa shape index (κ2) is 6.48. The highest BCUT2D eigenvalue weighted by Crippen LogP contribution is 2.36. The molecule has 5 heteroatoms. The number of aromatic nitrogens is 1. The number of oxazole rings is 1. The number of rotatable bonds is 4. The van der Waals surface area contributed by atoms with Gasteiger partial charge < -0.3 is 4.42 Å². The fourth-order valence-corrected chi connectivity index (χ4v) is 4.13. The van der Waals surface area contributed by atoms with Crippen molar-refractivity contribution in [3.05, 3.63) is 64.3 Å². The van der Waals surface area contributed by atoms with E-state index in [0.717, 1.165) is 35.1 Å². The van der Waals surface area contributed by atoms with Crippen LogP contribution in [0, 0.1) is 0 Å². The summed E-state index contributed by atoms with van der Waals surface area (Å²) in [7, 11) is 0. The third-order valence-electron chi connectivity index (χ3n) is 4.28. The molecule has 2 aromatic heterocycles. The highest BCUT2D eigenvalue weighted by Gasteiger charge is 2.28. The molecule has 1 atom stereocenters. The van der Waals surface area contributed by atoms with Gasteiger partial charge >= 0.3 is 0 Å². The summed E-state index contributed by atoms with van der Waals surface area (Å²) in [5, 5.41) is 2.89. The molecule has 23 heavy (non-hydrogen) atoms. The molecule has 0 saturated carbocycles. The first kappa shape index (κ1) is 14.9. The van der Waals surface area contributed by atoms with Gasteiger partial charge in [0.1, 0.15) is 6.26 Å². The number of likely N-dealkylation sites (tertiary alicyclic amines) is 1. The van der Waals surface area contributed by atoms with Crippen molar-refractivity contribution in [2.24, 2.45) is 0 Å². The van der Waals surface area contributed by atoms with Gasteiger partial charge in [0.2, 0.25) is 5.89 Å². The Bertz CT molecular complexity index is 784. The average molecular weight is 345 g/mol. The second-order valence-corrected chi connectivity index (χ2v) is 7.13. The van der Waals surface area contributed by atoms with Crippen LogP contribution in [-0.4, -0.2) is 16.4 Å². The molecule has 118 valence electrons. The quantitative estimate of drug-likeness (QED) is 0.635. The van der Waals surface area contributed by atoms with Crippen LogP contribution < -0.4 is 0 Å². The summed E-state index contributed by atoms with van der Waals surface area (Å²) < 4.78 is 5.63. The van der Waals surface area contributed by atoms with Crippen LogP contribution in [-0.2, 0) is 6.54 Å². The minimum Gasteiger partial charge on any atom is -0.444 e. The first-order valence-electron chi connectivity index (χ1n) is 7.78. The van der Waals surface area contributed by atoms with Crippen molar-refractivity contribution in [1.29, 1.82) is 0 Å². The van der Waals surface area contributed by atoms with E-state index in [9.17, 15) is 0 Å². The molecule has 0 unspecified atom stereocenters. The Balaban J connectivity index is 1.53. The molecular formula is C18H17ClN2OS. The van der Waals surface area contributed by atoms with Crippen LogP contribution in [0.3, 0.4) is 0 Å². The molecule has 1 saturated heterocycles. The molecule has 0 bridgehead atoms. The minimum atomic E-state index is 0.366. The molecule has 1 fully saturated rings. The Kier molecular flexibility index (Phi) is 4.21. The van der Waals surface area contributed by atoms with Gasteiger partial charge in [0, 0.05) is 17.6 Å². The van der Waals surface area contributed by atoms with E-state index in [0.29, 0.717) is 11.9 Å². The Morgan fingerprint density at radius 1 is 1.26 bits per heavy atom. The lowest BCUT2D eigenvalue weighted by molar-refractivity contribution is 0.245. The van der Waals surface area contributed by atoms with Gasteiger partial charge in [-0.2, -0.15) is 0 Å². The van der Waals surface area contributed by atoms with Crippen LogP contribution in [0.15, 0.2) is 52.5 Å². The topological polar surface area (TPSA) is 29.3 Å². The Morgan fingerprint density at radius 3 is 3.00 bits per heavy atom. The standard InChI is InChI=1S/C18H17ClN2OS/c19-15-6-2-1-5-14(15)16-7-3-9-21(16)11-13-12-22-18(20-13)17-8-4-10-23-17/h1-2,4-6,8,10,12,16H,3,7,9,11H2/t16-/m0/s1. The summed E-state index contributed by atoms with van der Waals surface area (Å²) >= 11 is 8.03. The van der Waals surface area contributed by atoms with Gasteiger partial charge in [-0.1, -0.05) is 35.9 Å². The zero-order valence-corrected chi connectivity index (χ0v) is 14.2. The Labute approximate surface area is 144 Å². The highest BCUT2D eigenvalue weighted by atomic mass is 35.5. The van der Waals surface area contributed by atoms with E-state index in [1.165, 1.54) is 12.0 Å². The second-order valence-electron chi connectivity index (χ2n) is 5.77. The highest BCUT2D eigenvalue weighted by molar-refractivity contribution is 7.13. The van der Waals surface area contributed by atoms with Crippen molar-refractivity contribution in [2.45, 2.75) is 25.4 Å². The van der Waals surface area contributed by atoms with Crippen LogP contribution in [0.5, 0.6) is 0 Å². The molecule has 1 aliphatic heterocycles. The van der Waals surface area contributed by atoms with Crippen LogP contribution in [0.25, 0.3) is 10.8 Å². The molecular weight excluding hydrogens is 328 g/mol. The number of hydrogen-bond acceptors (Lipinski definition) is 4. The largest absolute Gasteiger partial charge is 0.444 e. The maximum atomic E-state index is 6.38. The lowest BCUT2D eigenvalue weighted by Gasteiger charge is -2.24. The average Bonchev–Trinajstić information content (AvgIpc) is 3.29. The summed E-state index contributed by atoms with van der Waals surface area (Å²) in [5.41, 5.74) is 2.20. The smallest absolute Gasteiger partial charge is 0.236 e. The molecule has 1 aliphatic rings. The van der Waals surface area contributed by atoms with E-state index < -0.39 is 0 Å². The van der Waals surface area contributed by atoms with Crippen molar-refractivity contribution in [3.8, 4) is 10.8 Å². The van der Waals surface area contributed by atoms with Crippen LogP contribution in [0.4, 0.5) is 0 Å². The maximum Gasteiger partial charge on any atom is 0.236 e. The molecule has 0 radical (unpaired) electrons. The summed E-state index contributed by atoms with van der Waals surface area (Å²) in [6.45, 7) is 1.86. The zero-order chi connectivity index (χ0) is 15.6. The van der Waals surface area contributed by atoms with Crippen LogP contribution in [0.2, 0.25) is 5.02 Å². The Hall–Kier alpha value is -1.62. The summed E-state index contributed by atoms with van der Waals surface area (Å²) in [5.74, 6) is 0.712. The van der Waals surface area contributed by atoms with Crippen LogP contribution in [0.1, 0.15) is 30.1 Å². The fraction of sp³-hybridized carbons (Fsp3) is 0.278.